The Hall–Kier alpha value is -0.870. The van der Waals surface area contributed by atoms with E-state index >= 15 is 0 Å². The first-order valence-electron chi connectivity index (χ1n) is 6.90. The lowest BCUT2D eigenvalue weighted by Gasteiger charge is -2.25. The van der Waals surface area contributed by atoms with Gasteiger partial charge in [-0.15, -0.1) is 0 Å². The summed E-state index contributed by atoms with van der Waals surface area (Å²) in [6, 6.07) is 0.625. The molecule has 0 aliphatic carbocycles. The molecular formula is C14H25N3O. The zero-order valence-corrected chi connectivity index (χ0v) is 12.0. The van der Waals surface area contributed by atoms with E-state index in [0.29, 0.717) is 6.04 Å². The Morgan fingerprint density at radius 3 is 2.78 bits per heavy atom. The van der Waals surface area contributed by atoms with Crippen LogP contribution in [0.1, 0.15) is 45.8 Å². The summed E-state index contributed by atoms with van der Waals surface area (Å²) in [6.07, 6.45) is 3.09. The first kappa shape index (κ1) is 13.6. The van der Waals surface area contributed by atoms with Gasteiger partial charge >= 0.3 is 0 Å². The highest BCUT2D eigenvalue weighted by Gasteiger charge is 2.24. The first-order valence-corrected chi connectivity index (χ1v) is 6.90. The van der Waals surface area contributed by atoms with Crippen LogP contribution in [0.2, 0.25) is 0 Å². The third-order valence-electron chi connectivity index (χ3n) is 3.59. The monoisotopic (exact) mass is 251 g/mol. The van der Waals surface area contributed by atoms with Gasteiger partial charge in [-0.05, 0) is 19.5 Å². The van der Waals surface area contributed by atoms with Gasteiger partial charge in [-0.1, -0.05) is 27.7 Å². The molecule has 2 rings (SSSR count). The van der Waals surface area contributed by atoms with E-state index in [9.17, 15) is 0 Å². The maximum absolute atomic E-state index is 5.87. The number of nitrogens with zero attached hydrogens (tertiary/aromatic N) is 2. The van der Waals surface area contributed by atoms with Crippen molar-refractivity contribution in [3.05, 3.63) is 17.8 Å². The Morgan fingerprint density at radius 1 is 1.50 bits per heavy atom. The van der Waals surface area contributed by atoms with Crippen LogP contribution in [0.25, 0.3) is 0 Å². The molecule has 0 bridgehead atoms. The summed E-state index contributed by atoms with van der Waals surface area (Å²) >= 11 is 0. The summed E-state index contributed by atoms with van der Waals surface area (Å²) in [6.45, 7) is 12.7. The molecule has 1 aliphatic heterocycles. The van der Waals surface area contributed by atoms with E-state index in [0.717, 1.165) is 37.8 Å². The van der Waals surface area contributed by atoms with Crippen molar-refractivity contribution in [3.8, 4) is 0 Å². The third-order valence-corrected chi connectivity index (χ3v) is 3.59. The highest BCUT2D eigenvalue weighted by atomic mass is 16.4. The number of nitrogens with one attached hydrogen (secondary N) is 1. The van der Waals surface area contributed by atoms with E-state index < -0.39 is 0 Å². The summed E-state index contributed by atoms with van der Waals surface area (Å²) in [7, 11) is 0. The van der Waals surface area contributed by atoms with Crippen molar-refractivity contribution < 1.29 is 4.42 Å². The molecule has 4 nitrogen and oxygen atoms in total. The van der Waals surface area contributed by atoms with Gasteiger partial charge in [0.15, 0.2) is 0 Å². The van der Waals surface area contributed by atoms with E-state index in [1.54, 1.807) is 0 Å². The van der Waals surface area contributed by atoms with Gasteiger partial charge in [-0.2, -0.15) is 0 Å². The van der Waals surface area contributed by atoms with Crippen LogP contribution in [-0.4, -0.2) is 35.6 Å². The van der Waals surface area contributed by atoms with Gasteiger partial charge in [-0.3, -0.25) is 4.90 Å². The largest absolute Gasteiger partial charge is 0.444 e. The molecule has 1 saturated heterocycles. The highest BCUT2D eigenvalue weighted by molar-refractivity contribution is 5.06. The quantitative estimate of drug-likeness (QED) is 0.890. The first-order chi connectivity index (χ1) is 8.50. The molecule has 2 heterocycles. The fourth-order valence-electron chi connectivity index (χ4n) is 2.35. The fourth-order valence-corrected chi connectivity index (χ4v) is 2.35. The normalized spacial score (nSPS) is 20.8. The van der Waals surface area contributed by atoms with Crippen molar-refractivity contribution in [1.29, 1.82) is 0 Å². The molecule has 0 saturated carbocycles. The minimum Gasteiger partial charge on any atom is -0.444 e. The molecular weight excluding hydrogens is 226 g/mol. The molecule has 1 atom stereocenters. The molecule has 1 aromatic rings. The number of hydrogen-bond donors (Lipinski definition) is 1. The zero-order valence-electron chi connectivity index (χ0n) is 12.0. The van der Waals surface area contributed by atoms with E-state index in [1.165, 1.54) is 6.42 Å². The standard InChI is InChI=1S/C14H25N3O/c1-5-17(11-6-7-15-8-11)10-13-16-9-12(18-13)14(2,3)4/h9,11,15H,5-8,10H2,1-4H3. The average molecular weight is 251 g/mol. The molecule has 1 unspecified atom stereocenters. The van der Waals surface area contributed by atoms with Gasteiger partial charge < -0.3 is 9.73 Å². The third kappa shape index (κ3) is 3.12. The summed E-state index contributed by atoms with van der Waals surface area (Å²) in [5.41, 5.74) is 0.0389. The van der Waals surface area contributed by atoms with E-state index in [4.69, 9.17) is 4.42 Å². The van der Waals surface area contributed by atoms with Crippen molar-refractivity contribution in [2.75, 3.05) is 19.6 Å². The lowest BCUT2D eigenvalue weighted by atomic mass is 9.94. The number of hydrogen-bond acceptors (Lipinski definition) is 4. The molecule has 0 spiro atoms. The van der Waals surface area contributed by atoms with Crippen LogP contribution in [0, 0.1) is 0 Å². The molecule has 1 N–H and O–H groups in total. The molecule has 0 amide bonds. The fraction of sp³-hybridized carbons (Fsp3) is 0.786. The summed E-state index contributed by atoms with van der Waals surface area (Å²) < 4.78 is 5.87. The maximum Gasteiger partial charge on any atom is 0.208 e. The van der Waals surface area contributed by atoms with Crippen molar-refractivity contribution in [2.45, 2.75) is 52.1 Å². The maximum atomic E-state index is 5.87. The molecule has 102 valence electrons. The number of aromatic nitrogens is 1. The lowest BCUT2D eigenvalue weighted by Crippen LogP contribution is -2.36. The minimum absolute atomic E-state index is 0.0389. The van der Waals surface area contributed by atoms with Gasteiger partial charge in [0.05, 0.1) is 12.7 Å². The van der Waals surface area contributed by atoms with Gasteiger partial charge in [0.2, 0.25) is 5.89 Å². The van der Waals surface area contributed by atoms with Crippen LogP contribution in [-0.2, 0) is 12.0 Å². The number of rotatable bonds is 4. The van der Waals surface area contributed by atoms with Crippen LogP contribution >= 0.6 is 0 Å². The SMILES string of the molecule is CCN(Cc1ncc(C(C)(C)C)o1)C1CCNC1. The van der Waals surface area contributed by atoms with Crippen LogP contribution in [0.15, 0.2) is 10.6 Å². The predicted molar refractivity (Wildman–Crippen MR) is 72.6 cm³/mol. The Morgan fingerprint density at radius 2 is 2.28 bits per heavy atom. The minimum atomic E-state index is 0.0389. The lowest BCUT2D eigenvalue weighted by molar-refractivity contribution is 0.187. The Kier molecular flexibility index (Phi) is 4.07. The van der Waals surface area contributed by atoms with Gasteiger partial charge in [-0.25, -0.2) is 4.98 Å². The van der Waals surface area contributed by atoms with E-state index in [-0.39, 0.29) is 5.41 Å². The smallest absolute Gasteiger partial charge is 0.208 e. The topological polar surface area (TPSA) is 41.3 Å². The van der Waals surface area contributed by atoms with Crippen molar-refractivity contribution in [1.82, 2.24) is 15.2 Å². The number of likely N-dealkylation sites (N-methyl/N-ethyl adjacent to an activating group) is 1. The second-order valence-corrected chi connectivity index (χ2v) is 6.08. The second kappa shape index (κ2) is 5.41. The molecule has 18 heavy (non-hydrogen) atoms. The highest BCUT2D eigenvalue weighted by Crippen LogP contribution is 2.23. The van der Waals surface area contributed by atoms with Crippen molar-refractivity contribution in [3.63, 3.8) is 0 Å². The van der Waals surface area contributed by atoms with Crippen LogP contribution < -0.4 is 5.32 Å². The predicted octanol–water partition coefficient (Wildman–Crippen LogP) is 2.16. The zero-order chi connectivity index (χ0) is 13.2. The Bertz CT molecular complexity index is 375. The van der Waals surface area contributed by atoms with Crippen LogP contribution in [0.3, 0.4) is 0 Å². The van der Waals surface area contributed by atoms with E-state index in [2.05, 4.69) is 42.9 Å². The van der Waals surface area contributed by atoms with Gasteiger partial charge in [0.1, 0.15) is 5.76 Å². The van der Waals surface area contributed by atoms with Crippen molar-refractivity contribution in [2.24, 2.45) is 0 Å². The van der Waals surface area contributed by atoms with Gasteiger partial charge in [0.25, 0.3) is 0 Å². The van der Waals surface area contributed by atoms with Crippen molar-refractivity contribution >= 4 is 0 Å². The summed E-state index contributed by atoms with van der Waals surface area (Å²) in [5, 5.41) is 3.41. The van der Waals surface area contributed by atoms with Crippen LogP contribution in [0.5, 0.6) is 0 Å². The molecule has 1 aromatic heterocycles. The van der Waals surface area contributed by atoms with Gasteiger partial charge in [0, 0.05) is 18.0 Å². The molecule has 0 radical (unpaired) electrons. The average Bonchev–Trinajstić information content (AvgIpc) is 2.95. The Balaban J connectivity index is 2.01. The second-order valence-electron chi connectivity index (χ2n) is 6.08. The molecule has 1 aliphatic rings. The molecule has 0 aromatic carbocycles. The summed E-state index contributed by atoms with van der Waals surface area (Å²) in [4.78, 5) is 6.86. The van der Waals surface area contributed by atoms with Crippen LogP contribution in [0.4, 0.5) is 0 Å². The van der Waals surface area contributed by atoms with E-state index in [1.807, 2.05) is 6.20 Å². The summed E-state index contributed by atoms with van der Waals surface area (Å²) in [5.74, 6) is 1.81. The molecule has 1 fully saturated rings. The molecule has 4 heteroatoms. The Labute approximate surface area is 110 Å². The number of oxazole rings is 1.